The summed E-state index contributed by atoms with van der Waals surface area (Å²) in [5, 5.41) is 58.9. The molecule has 0 saturated carbocycles. The van der Waals surface area contributed by atoms with E-state index >= 15 is 0 Å². The van der Waals surface area contributed by atoms with Crippen molar-refractivity contribution in [2.24, 2.45) is 0 Å². The summed E-state index contributed by atoms with van der Waals surface area (Å²) in [6.07, 6.45) is 8.76. The fourth-order valence-corrected chi connectivity index (χ4v) is 12.8. The van der Waals surface area contributed by atoms with E-state index in [4.69, 9.17) is 58.7 Å². The summed E-state index contributed by atoms with van der Waals surface area (Å²) < 4.78 is 78.9. The van der Waals surface area contributed by atoms with Gasteiger partial charge in [0.15, 0.2) is 0 Å². The monoisotopic (exact) mass is 1400 g/mol. The number of carboxylic acids is 2. The van der Waals surface area contributed by atoms with Crippen molar-refractivity contribution >= 4 is 56.2 Å². The van der Waals surface area contributed by atoms with Crippen LogP contribution in [0.4, 0.5) is 8.78 Å². The molecular formula is C70H99BrF2N2O16P2. The van der Waals surface area contributed by atoms with Crippen LogP contribution < -0.4 is 0 Å². The third-order valence-electron chi connectivity index (χ3n) is 13.6. The molecule has 0 aliphatic carbocycles. The number of rotatable bonds is 37. The lowest BCUT2D eigenvalue weighted by Gasteiger charge is -2.24. The lowest BCUT2D eigenvalue weighted by atomic mass is 9.85. The predicted molar refractivity (Wildman–Crippen MR) is 367 cm³/mol. The molecule has 23 heteroatoms. The van der Waals surface area contributed by atoms with Gasteiger partial charge in [0.25, 0.3) is 0 Å². The van der Waals surface area contributed by atoms with Crippen LogP contribution in [0.2, 0.25) is 0 Å². The van der Waals surface area contributed by atoms with Crippen molar-refractivity contribution in [2.45, 2.75) is 196 Å². The minimum absolute atomic E-state index is 0.0175. The maximum atomic E-state index is 14.7. The highest BCUT2D eigenvalue weighted by Crippen LogP contribution is 2.49. The molecule has 0 bridgehead atoms. The number of halogens is 3. The van der Waals surface area contributed by atoms with Gasteiger partial charge in [0.05, 0.1) is 101 Å². The minimum atomic E-state index is -2.84. The summed E-state index contributed by atoms with van der Waals surface area (Å²) in [6, 6.07) is 9.00. The average Bonchev–Trinajstić information content (AvgIpc) is 0.772. The summed E-state index contributed by atoms with van der Waals surface area (Å²) in [5.41, 5.74) is 10.0. The quantitative estimate of drug-likeness (QED) is 0.0139. The van der Waals surface area contributed by atoms with Crippen LogP contribution in [0.25, 0.3) is 34.4 Å². The summed E-state index contributed by atoms with van der Waals surface area (Å²) in [4.78, 5) is 31.9. The fourth-order valence-electron chi connectivity index (χ4n) is 9.66. The first-order chi connectivity index (χ1) is 44.1. The number of hydrogen-bond donors (Lipinski definition) is 6. The van der Waals surface area contributed by atoms with E-state index in [1.807, 2.05) is 41.5 Å². The van der Waals surface area contributed by atoms with Gasteiger partial charge in [0.2, 0.25) is 0 Å². The van der Waals surface area contributed by atoms with E-state index in [9.17, 15) is 43.4 Å². The molecule has 0 unspecified atom stereocenters. The Kier molecular flexibility index (Phi) is 40.2. The molecule has 6 N–H and O–H groups in total. The molecule has 0 radical (unpaired) electrons. The zero-order chi connectivity index (χ0) is 70.0. The summed E-state index contributed by atoms with van der Waals surface area (Å²) in [5.74, 6) is 5.92. The second kappa shape index (κ2) is 44.6. The Labute approximate surface area is 559 Å². The maximum Gasteiger partial charge on any atom is 0.332 e. The van der Waals surface area contributed by atoms with Crippen molar-refractivity contribution < 1.29 is 85.7 Å². The van der Waals surface area contributed by atoms with Crippen LogP contribution in [0, 0.1) is 35.8 Å². The number of aliphatic carboxylic acids is 2. The van der Waals surface area contributed by atoms with Crippen LogP contribution in [-0.2, 0) is 59.5 Å². The molecule has 2 aromatic heterocycles. The molecule has 0 aliphatic heterocycles. The first-order valence-electron chi connectivity index (χ1n) is 31.4. The van der Waals surface area contributed by atoms with Gasteiger partial charge < -0.3 is 62.7 Å². The van der Waals surface area contributed by atoms with Crippen LogP contribution in [-0.4, -0.2) is 130 Å². The van der Waals surface area contributed by atoms with Crippen molar-refractivity contribution in [1.82, 2.24) is 9.97 Å². The van der Waals surface area contributed by atoms with E-state index in [0.29, 0.717) is 92.6 Å². The van der Waals surface area contributed by atoms with E-state index in [0.717, 1.165) is 56.2 Å². The van der Waals surface area contributed by atoms with Gasteiger partial charge in [0.1, 0.15) is 11.6 Å². The number of terminal acetylenes is 1. The van der Waals surface area contributed by atoms with E-state index in [2.05, 4.69) is 61.4 Å². The molecule has 0 fully saturated rings. The van der Waals surface area contributed by atoms with E-state index in [1.54, 1.807) is 52.4 Å². The number of pyridine rings is 2. The Morgan fingerprint density at radius 1 is 0.645 bits per heavy atom. The number of aliphatic hydroxyl groups excluding tert-OH is 4. The Bertz CT molecular complexity index is 3160. The number of carbonyl (C=O) groups is 2. The molecular weight excluding hydrogens is 1300 g/mol. The Morgan fingerprint density at radius 2 is 1.09 bits per heavy atom. The molecule has 0 saturated heterocycles. The molecule has 4 atom stereocenters. The van der Waals surface area contributed by atoms with Crippen LogP contribution in [0.3, 0.4) is 0 Å². The number of aliphatic hydroxyl groups is 4. The topological polar surface area (TPSA) is 263 Å². The van der Waals surface area contributed by atoms with Gasteiger partial charge in [-0.25, -0.2) is 8.78 Å². The van der Waals surface area contributed by atoms with Crippen molar-refractivity contribution in [2.75, 3.05) is 53.4 Å². The summed E-state index contributed by atoms with van der Waals surface area (Å²) in [6.45, 7) is 26.4. The molecule has 0 amide bonds. The highest BCUT2D eigenvalue weighted by atomic mass is 79.9. The average molecular weight is 1400 g/mol. The van der Waals surface area contributed by atoms with Crippen molar-refractivity contribution in [3.63, 3.8) is 0 Å². The smallest absolute Gasteiger partial charge is 0.332 e. The number of carboxylic acid groups (broad SMARTS) is 2. The largest absolute Gasteiger partial charge is 0.481 e. The van der Waals surface area contributed by atoms with Gasteiger partial charge in [-0.15, -0.1) is 12.3 Å². The number of aromatic nitrogens is 2. The molecule has 93 heavy (non-hydrogen) atoms. The van der Waals surface area contributed by atoms with Crippen LogP contribution >= 0.6 is 32.1 Å². The van der Waals surface area contributed by atoms with Crippen molar-refractivity contribution in [1.29, 1.82) is 0 Å². The van der Waals surface area contributed by atoms with E-state index < -0.39 is 71.2 Å². The molecule has 2 aromatic carbocycles. The van der Waals surface area contributed by atoms with Gasteiger partial charge in [-0.1, -0.05) is 120 Å². The number of hydrogen-bond acceptors (Lipinski definition) is 16. The summed E-state index contributed by atoms with van der Waals surface area (Å²) in [7, 11) is -1.03. The second-order valence-electron chi connectivity index (χ2n) is 22.7. The molecule has 0 spiro atoms. The van der Waals surface area contributed by atoms with Gasteiger partial charge in [-0.2, -0.15) is 0 Å². The highest BCUT2D eigenvalue weighted by molar-refractivity contribution is 9.10. The number of unbranched alkanes of at least 4 members (excludes halogenated alkanes) is 2. The number of ether oxygens (including phenoxy) is 2. The zero-order valence-electron chi connectivity index (χ0n) is 56.5. The van der Waals surface area contributed by atoms with Gasteiger partial charge in [-0.3, -0.25) is 24.1 Å². The fraction of sp³-hybridized carbons (Fsp3) is 0.543. The zero-order valence-corrected chi connectivity index (χ0v) is 59.8. The number of methoxy groups -OCH3 is 2. The molecule has 516 valence electrons. The molecule has 18 nitrogen and oxygen atoms in total. The number of benzene rings is 2. The second-order valence-corrected chi connectivity index (χ2v) is 27.0. The minimum Gasteiger partial charge on any atom is -0.481 e. The van der Waals surface area contributed by atoms with E-state index in [-0.39, 0.29) is 48.9 Å². The number of nitrogens with zero attached hydrogens (tertiary/aromatic N) is 2. The maximum absolute atomic E-state index is 14.7. The third kappa shape index (κ3) is 29.4. The van der Waals surface area contributed by atoms with Gasteiger partial charge in [0, 0.05) is 83.6 Å². The Morgan fingerprint density at radius 3 is 1.48 bits per heavy atom. The van der Waals surface area contributed by atoms with Crippen LogP contribution in [0.1, 0.15) is 209 Å². The third-order valence-corrected chi connectivity index (χ3v) is 17.7. The first-order valence-corrected chi connectivity index (χ1v) is 35.1. The molecule has 4 aromatic rings. The predicted octanol–water partition coefficient (Wildman–Crippen LogP) is 15.6. The molecule has 4 rings (SSSR count). The molecule has 0 aliphatic rings. The van der Waals surface area contributed by atoms with Crippen molar-refractivity contribution in [3.8, 4) is 46.4 Å². The normalized spacial score (nSPS) is 13.0. The van der Waals surface area contributed by atoms with Crippen molar-refractivity contribution in [3.05, 3.63) is 115 Å². The lowest BCUT2D eigenvalue weighted by Crippen LogP contribution is -2.19. The SMILES string of the molecule is C#CCCCP(=O)(OCC)OCC.CCOP(OCC)OCCCC#Cc1cc(F)ccc1-c1c(/C=C/[C@@H](O)C[C@@H](O)CC(=O)O)c(C(C)C)nc(C(C)C)c1COC.COCc1c(C(C)C)nc(C(C)C)c(/C=C/[C@@H](O)C[C@@H](O)CC(=O)O)c1-c1ccc(F)cc1Br. The lowest BCUT2D eigenvalue weighted by molar-refractivity contribution is -0.140. The standard InChI is InChI=1S/C35H49FNO8P.C26H33BrFNO5.C9H17O3P/c1-8-43-46(44-9-2)45-18-12-10-11-13-25-19-26(36)14-16-29(25)33-30(17-15-27(38)20-28(39)21-32(40)41)34(23(3)4)37-35(24(5)6)31(33)22-42-7;1-14(2)25-20(9-7-17(30)11-18(31)12-23(32)33)24(19-8-6-16(28)10-22(19)27)21(13-34-5)26(29-25)15(3)4;1-4-7-8-9-13(10,11-5-2)12-6-3/h14-17,19,23-24,27-28,38-39H,8-10,12,18,20-22H2,1-7H3,(H,40,41);6-10,14-15,17-18,30-31H,11-13H2,1-5H3,(H,32,33);1H,5-9H2,2-3H3/b17-15+;9-7+;/t27-,28-;17-,18-;/m11./s1. The summed E-state index contributed by atoms with van der Waals surface area (Å²) >= 11 is 3.50. The van der Waals surface area contributed by atoms with Crippen LogP contribution in [0.15, 0.2) is 53.0 Å². The van der Waals surface area contributed by atoms with Gasteiger partial charge in [-0.05, 0) is 111 Å². The first kappa shape index (κ1) is 83.9. The van der Waals surface area contributed by atoms with Crippen LogP contribution in [0.5, 0.6) is 0 Å². The van der Waals surface area contributed by atoms with E-state index in [1.165, 1.54) is 36.4 Å². The Hall–Kier alpha value is -5.16. The highest BCUT2D eigenvalue weighted by Gasteiger charge is 2.28. The molecule has 2 heterocycles. The Balaban J connectivity index is 0.000000546. The van der Waals surface area contributed by atoms with Gasteiger partial charge >= 0.3 is 28.1 Å².